The van der Waals surface area contributed by atoms with E-state index in [9.17, 15) is 4.79 Å². The molecular weight excluding hydrogens is 414 g/mol. The van der Waals surface area contributed by atoms with Crippen LogP contribution in [0.2, 0.25) is 0 Å². The largest absolute Gasteiger partial charge is 0.439 e. The number of benzene rings is 1. The number of hydrogen-bond donors (Lipinski definition) is 0. The third-order valence-electron chi connectivity index (χ3n) is 5.96. The molecule has 1 saturated heterocycles. The van der Waals surface area contributed by atoms with E-state index in [2.05, 4.69) is 33.1 Å². The van der Waals surface area contributed by atoms with Crippen LogP contribution in [-0.2, 0) is 4.79 Å². The van der Waals surface area contributed by atoms with E-state index in [0.29, 0.717) is 23.7 Å². The fourth-order valence-corrected chi connectivity index (χ4v) is 4.32. The molecule has 0 aliphatic carbocycles. The fourth-order valence-electron chi connectivity index (χ4n) is 4.32. The minimum atomic E-state index is -0.0201. The van der Waals surface area contributed by atoms with Gasteiger partial charge in [0.2, 0.25) is 11.8 Å². The van der Waals surface area contributed by atoms with Gasteiger partial charge < -0.3 is 14.0 Å². The van der Waals surface area contributed by atoms with Crippen LogP contribution in [0.4, 0.5) is 0 Å². The summed E-state index contributed by atoms with van der Waals surface area (Å²) in [4.78, 5) is 22.4. The molecule has 0 saturated carbocycles. The van der Waals surface area contributed by atoms with E-state index in [1.54, 1.807) is 24.5 Å². The van der Waals surface area contributed by atoms with E-state index >= 15 is 0 Å². The smallest absolute Gasteiger partial charge is 0.245 e. The second-order valence-electron chi connectivity index (χ2n) is 7.92. The lowest BCUT2D eigenvalue weighted by Gasteiger charge is -2.13. The zero-order chi connectivity index (χ0) is 22.8. The number of hydrogen-bond acceptors (Lipinski definition) is 5. The molecule has 1 aliphatic heterocycles. The molecule has 1 amide bonds. The first-order chi connectivity index (χ1) is 16.2. The zero-order valence-corrected chi connectivity index (χ0v) is 17.9. The molecule has 7 nitrogen and oxygen atoms in total. The molecule has 0 spiro atoms. The summed E-state index contributed by atoms with van der Waals surface area (Å²) in [5.74, 6) is 1.26. The number of pyridine rings is 1. The molecule has 4 aromatic rings. The zero-order valence-electron chi connectivity index (χ0n) is 17.9. The Labute approximate surface area is 191 Å². The Morgan fingerprint density at radius 2 is 2.03 bits per heavy atom. The number of aromatic nitrogens is 3. The van der Waals surface area contributed by atoms with Crippen LogP contribution in [0.1, 0.15) is 23.5 Å². The van der Waals surface area contributed by atoms with E-state index in [4.69, 9.17) is 10.00 Å². The topological polar surface area (TPSA) is 83.5 Å². The van der Waals surface area contributed by atoms with Crippen molar-refractivity contribution in [3.63, 3.8) is 0 Å². The monoisotopic (exact) mass is 435 g/mol. The fraction of sp³-hybridized carbons (Fsp3) is 0.154. The van der Waals surface area contributed by atoms with Gasteiger partial charge in [0.05, 0.1) is 29.2 Å². The number of rotatable bonds is 5. The molecule has 33 heavy (non-hydrogen) atoms. The number of ether oxygens (including phenoxy) is 1. The third kappa shape index (κ3) is 3.94. The van der Waals surface area contributed by atoms with Crippen LogP contribution >= 0.6 is 0 Å². The van der Waals surface area contributed by atoms with Crippen molar-refractivity contribution in [3.8, 4) is 29.0 Å². The highest BCUT2D eigenvalue weighted by atomic mass is 16.5. The highest BCUT2D eigenvalue weighted by Gasteiger charge is 2.28. The first-order valence-corrected chi connectivity index (χ1v) is 10.7. The van der Waals surface area contributed by atoms with Crippen LogP contribution in [-0.4, -0.2) is 38.3 Å². The van der Waals surface area contributed by atoms with E-state index in [-0.39, 0.29) is 11.8 Å². The van der Waals surface area contributed by atoms with Gasteiger partial charge >= 0.3 is 0 Å². The van der Waals surface area contributed by atoms with Crippen LogP contribution in [0.5, 0.6) is 11.6 Å². The lowest BCUT2D eigenvalue weighted by atomic mass is 9.99. The van der Waals surface area contributed by atoms with Crippen LogP contribution in [0.15, 0.2) is 79.9 Å². The van der Waals surface area contributed by atoms with Gasteiger partial charge in [0.1, 0.15) is 5.75 Å². The molecular formula is C26H21N5O2. The van der Waals surface area contributed by atoms with E-state index in [1.165, 1.54) is 11.6 Å². The Morgan fingerprint density at radius 3 is 2.82 bits per heavy atom. The van der Waals surface area contributed by atoms with E-state index in [0.717, 1.165) is 29.7 Å². The van der Waals surface area contributed by atoms with Crippen molar-refractivity contribution in [1.29, 1.82) is 5.26 Å². The molecule has 7 heteroatoms. The molecule has 5 rings (SSSR count). The molecule has 4 heterocycles. The van der Waals surface area contributed by atoms with Gasteiger partial charge in [-0.3, -0.25) is 4.79 Å². The summed E-state index contributed by atoms with van der Waals surface area (Å²) in [6, 6.07) is 17.3. The minimum Gasteiger partial charge on any atom is -0.439 e. The highest BCUT2D eigenvalue weighted by Crippen LogP contribution is 2.36. The second-order valence-corrected chi connectivity index (χ2v) is 7.92. The van der Waals surface area contributed by atoms with Crippen molar-refractivity contribution in [2.24, 2.45) is 0 Å². The first-order valence-electron chi connectivity index (χ1n) is 10.7. The lowest BCUT2D eigenvalue weighted by molar-refractivity contribution is -0.125. The number of fused-ring (bicyclic) bond motifs is 1. The second kappa shape index (κ2) is 8.60. The van der Waals surface area contributed by atoms with Crippen molar-refractivity contribution in [2.45, 2.75) is 12.3 Å². The maximum absolute atomic E-state index is 12.0. The van der Waals surface area contributed by atoms with Crippen LogP contribution < -0.4 is 4.74 Å². The molecule has 0 radical (unpaired) electrons. The number of nitriles is 1. The molecule has 0 bridgehead atoms. The molecule has 3 aromatic heterocycles. The standard InChI is InChI=1S/C26H21N5O2/c1-2-26(32)30-12-9-20(16-30)22-14-24(31-17-28-10-8-23(22)31)19-3-5-21(6-4-19)33-25-13-18(15-27)7-11-29-25/h2-8,10-11,13-14,17,20H,1,9,12,16H2. The van der Waals surface area contributed by atoms with Gasteiger partial charge in [0.25, 0.3) is 0 Å². The Kier molecular flexibility index (Phi) is 5.33. The van der Waals surface area contributed by atoms with Gasteiger partial charge in [-0.25, -0.2) is 9.97 Å². The van der Waals surface area contributed by atoms with Crippen molar-refractivity contribution in [1.82, 2.24) is 19.3 Å². The predicted octanol–water partition coefficient (Wildman–Crippen LogP) is 4.56. The third-order valence-corrected chi connectivity index (χ3v) is 5.96. The van der Waals surface area contributed by atoms with Gasteiger partial charge in [0.15, 0.2) is 0 Å². The Bertz CT molecular complexity index is 1380. The van der Waals surface area contributed by atoms with Crippen LogP contribution in [0, 0.1) is 11.3 Å². The van der Waals surface area contributed by atoms with Gasteiger partial charge in [-0.1, -0.05) is 6.58 Å². The number of likely N-dealkylation sites (tertiary alicyclic amines) is 1. The first kappa shape index (κ1) is 20.5. The number of carbonyl (C=O) groups is 1. The molecule has 1 aliphatic rings. The van der Waals surface area contributed by atoms with E-state index < -0.39 is 0 Å². The summed E-state index contributed by atoms with van der Waals surface area (Å²) in [7, 11) is 0. The normalized spacial score (nSPS) is 15.4. The summed E-state index contributed by atoms with van der Waals surface area (Å²) in [5, 5.41) is 9.05. The summed E-state index contributed by atoms with van der Waals surface area (Å²) in [6.45, 7) is 5.03. The SMILES string of the molecule is C=CC(=O)N1CCC(c2cc(-c3ccc(Oc4cc(C#N)ccn4)cc3)n3cnccc23)C1. The van der Waals surface area contributed by atoms with Gasteiger partial charge in [-0.05, 0) is 66.1 Å². The van der Waals surface area contributed by atoms with Crippen molar-refractivity contribution < 1.29 is 9.53 Å². The molecule has 1 atom stereocenters. The molecule has 0 N–H and O–H groups in total. The number of nitrogens with zero attached hydrogens (tertiary/aromatic N) is 5. The summed E-state index contributed by atoms with van der Waals surface area (Å²) in [6.07, 6.45) is 7.46. The maximum Gasteiger partial charge on any atom is 0.245 e. The van der Waals surface area contributed by atoms with Crippen LogP contribution in [0.3, 0.4) is 0 Å². The van der Waals surface area contributed by atoms with Crippen molar-refractivity contribution in [2.75, 3.05) is 13.1 Å². The molecule has 1 unspecified atom stereocenters. The Hall–Kier alpha value is -4.44. The predicted molar refractivity (Wildman–Crippen MR) is 124 cm³/mol. The van der Waals surface area contributed by atoms with Crippen molar-refractivity contribution >= 4 is 11.4 Å². The maximum atomic E-state index is 12.0. The summed E-state index contributed by atoms with van der Waals surface area (Å²) in [5.41, 5.74) is 4.85. The number of amides is 1. The van der Waals surface area contributed by atoms with E-state index in [1.807, 2.05) is 41.6 Å². The molecule has 1 aromatic carbocycles. The quantitative estimate of drug-likeness (QED) is 0.429. The average Bonchev–Trinajstić information content (AvgIpc) is 3.49. The Balaban J connectivity index is 1.44. The number of carbonyl (C=O) groups excluding carboxylic acids is 1. The average molecular weight is 435 g/mol. The van der Waals surface area contributed by atoms with Gasteiger partial charge in [-0.2, -0.15) is 5.26 Å². The summed E-state index contributed by atoms with van der Waals surface area (Å²) < 4.78 is 7.89. The summed E-state index contributed by atoms with van der Waals surface area (Å²) >= 11 is 0. The highest BCUT2D eigenvalue weighted by molar-refractivity contribution is 5.87. The minimum absolute atomic E-state index is 0.0201. The lowest BCUT2D eigenvalue weighted by Crippen LogP contribution is -2.26. The molecule has 162 valence electrons. The van der Waals surface area contributed by atoms with Gasteiger partial charge in [0, 0.05) is 37.5 Å². The van der Waals surface area contributed by atoms with Crippen LogP contribution in [0.25, 0.3) is 16.8 Å². The van der Waals surface area contributed by atoms with Crippen molar-refractivity contribution in [3.05, 3.63) is 91.0 Å². The van der Waals surface area contributed by atoms with Gasteiger partial charge in [-0.15, -0.1) is 0 Å². The Morgan fingerprint density at radius 1 is 1.18 bits per heavy atom. The molecule has 1 fully saturated rings.